The van der Waals surface area contributed by atoms with Gasteiger partial charge < -0.3 is 26.2 Å². The second-order valence-electron chi connectivity index (χ2n) is 12.0. The maximum Gasteiger partial charge on any atom is 0.261 e. The predicted octanol–water partition coefficient (Wildman–Crippen LogP) is 2.95. The molecule has 6 rings (SSSR count). The third-order valence-electron chi connectivity index (χ3n) is 9.49. The summed E-state index contributed by atoms with van der Waals surface area (Å²) in [7, 11) is 0. The van der Waals surface area contributed by atoms with Crippen molar-refractivity contribution in [3.8, 4) is 5.75 Å². The fraction of sp³-hybridized carbons (Fsp3) is 0.364. The summed E-state index contributed by atoms with van der Waals surface area (Å²) in [6.45, 7) is 1.76. The molecule has 0 radical (unpaired) electrons. The summed E-state index contributed by atoms with van der Waals surface area (Å²) >= 11 is 0. The fourth-order valence-electron chi connectivity index (χ4n) is 7.29. The molecule has 0 aromatic heterocycles. The number of unbranched alkanes of at least 4 members (excludes halogenated alkanes) is 2. The predicted molar refractivity (Wildman–Crippen MR) is 155 cm³/mol. The summed E-state index contributed by atoms with van der Waals surface area (Å²) in [6.07, 6.45) is 3.02. The smallest absolute Gasteiger partial charge is 0.261 e. The van der Waals surface area contributed by atoms with E-state index in [1.807, 2.05) is 0 Å². The SMILES string of the molecule is CCCCCc1cc(CN2C(=O)c3ccccc3C2=O)c(O)c2c1CC1CC3CC(=O)C(C(N)=O)=C(O)C3(O)C(=O)C1=C2O. The van der Waals surface area contributed by atoms with Crippen molar-refractivity contribution in [2.24, 2.45) is 17.6 Å². The van der Waals surface area contributed by atoms with Gasteiger partial charge in [-0.1, -0.05) is 31.9 Å². The number of hydrogen-bond acceptors (Lipinski definition) is 9. The van der Waals surface area contributed by atoms with Crippen LogP contribution < -0.4 is 5.73 Å². The molecule has 1 saturated carbocycles. The Morgan fingerprint density at radius 1 is 1.00 bits per heavy atom. The quantitative estimate of drug-likeness (QED) is 0.180. The van der Waals surface area contributed by atoms with Crippen LogP contribution in [0.1, 0.15) is 82.0 Å². The third-order valence-corrected chi connectivity index (χ3v) is 9.49. The first kappa shape index (κ1) is 29.3. The van der Waals surface area contributed by atoms with Crippen molar-refractivity contribution >= 4 is 35.0 Å². The summed E-state index contributed by atoms with van der Waals surface area (Å²) in [6, 6.07) is 8.13. The number of primary amides is 1. The second-order valence-corrected chi connectivity index (χ2v) is 12.0. The third kappa shape index (κ3) is 4.10. The largest absolute Gasteiger partial charge is 0.508 e. The molecule has 1 heterocycles. The molecule has 2 aromatic carbocycles. The lowest BCUT2D eigenvalue weighted by atomic mass is 9.59. The van der Waals surface area contributed by atoms with Gasteiger partial charge in [-0.3, -0.25) is 28.9 Å². The number of aromatic hydroxyl groups is 1. The molecule has 3 unspecified atom stereocenters. The van der Waals surface area contributed by atoms with Crippen molar-refractivity contribution in [3.05, 3.63) is 80.6 Å². The van der Waals surface area contributed by atoms with Crippen molar-refractivity contribution in [3.63, 3.8) is 0 Å². The molecule has 0 bridgehead atoms. The molecule has 11 nitrogen and oxygen atoms in total. The van der Waals surface area contributed by atoms with Gasteiger partial charge in [0.2, 0.25) is 5.78 Å². The molecule has 3 amide bonds. The lowest BCUT2D eigenvalue weighted by molar-refractivity contribution is -0.147. The molecule has 1 fully saturated rings. The van der Waals surface area contributed by atoms with E-state index in [4.69, 9.17) is 5.73 Å². The van der Waals surface area contributed by atoms with Crippen LogP contribution in [0.25, 0.3) is 5.76 Å². The van der Waals surface area contributed by atoms with E-state index < -0.39 is 76.0 Å². The van der Waals surface area contributed by atoms with Crippen LogP contribution in [0.3, 0.4) is 0 Å². The highest BCUT2D eigenvalue weighted by molar-refractivity contribution is 6.23. The minimum Gasteiger partial charge on any atom is -0.508 e. The first-order chi connectivity index (χ1) is 20.9. The summed E-state index contributed by atoms with van der Waals surface area (Å²) in [5.74, 6) is -8.04. The van der Waals surface area contributed by atoms with Crippen molar-refractivity contribution < 1.29 is 44.4 Å². The van der Waals surface area contributed by atoms with Gasteiger partial charge in [-0.15, -0.1) is 0 Å². The van der Waals surface area contributed by atoms with Crippen LogP contribution in [-0.4, -0.2) is 60.2 Å². The number of ketones is 2. The highest BCUT2D eigenvalue weighted by atomic mass is 16.3. The Bertz CT molecular complexity index is 1720. The number of nitrogens with two attached hydrogens (primary N) is 1. The van der Waals surface area contributed by atoms with Crippen molar-refractivity contribution in [1.29, 1.82) is 0 Å². The molecule has 0 spiro atoms. The molecule has 3 aliphatic carbocycles. The Morgan fingerprint density at radius 2 is 1.66 bits per heavy atom. The molecule has 6 N–H and O–H groups in total. The first-order valence-corrected chi connectivity index (χ1v) is 14.7. The maximum atomic E-state index is 13.9. The highest BCUT2D eigenvalue weighted by Crippen LogP contribution is 2.53. The summed E-state index contributed by atoms with van der Waals surface area (Å²) in [4.78, 5) is 65.7. The second kappa shape index (κ2) is 10.4. The van der Waals surface area contributed by atoms with Gasteiger partial charge in [0, 0.05) is 23.5 Å². The van der Waals surface area contributed by atoms with Crippen LogP contribution in [-0.2, 0) is 33.8 Å². The number of imide groups is 1. The molecule has 4 aliphatic rings. The lowest BCUT2D eigenvalue weighted by Crippen LogP contribution is -2.58. The zero-order valence-corrected chi connectivity index (χ0v) is 24.1. The van der Waals surface area contributed by atoms with Crippen LogP contribution in [0.4, 0.5) is 0 Å². The minimum atomic E-state index is -2.66. The normalized spacial score (nSPS) is 24.4. The number of carbonyl (C=O) groups excluding carboxylic acids is 5. The fourth-order valence-corrected chi connectivity index (χ4v) is 7.29. The van der Waals surface area contributed by atoms with Crippen molar-refractivity contribution in [2.75, 3.05) is 0 Å². The molecular formula is C33H32N2O9. The Kier molecular flexibility index (Phi) is 6.96. The Morgan fingerprint density at radius 3 is 2.27 bits per heavy atom. The standard InChI is InChI=1S/C33H32N2O9/c1-2-3-4-7-15-10-17(14-35-31(42)19-8-5-6-9-20(19)32(35)43)26(37)24-21(15)12-16-11-18-13-22(36)25(30(34)41)29(40)33(18,44)28(39)23(16)27(24)38/h5-6,8-10,16,18,37-38,40,44H,2-4,7,11-14H2,1H3,(H2,34,41). The van der Waals surface area contributed by atoms with Gasteiger partial charge in [-0.25, -0.2) is 0 Å². The number of phenolic OH excluding ortho intramolecular Hbond substituents is 1. The Balaban J connectivity index is 1.47. The number of aliphatic hydroxyl groups excluding tert-OH is 2. The van der Waals surface area contributed by atoms with Gasteiger partial charge in [-0.05, 0) is 60.9 Å². The summed E-state index contributed by atoms with van der Waals surface area (Å²) in [5, 5.41) is 45.5. The zero-order chi connectivity index (χ0) is 31.7. The number of aliphatic hydroxyl groups is 3. The number of nitrogens with zero attached hydrogens (tertiary/aromatic N) is 1. The van der Waals surface area contributed by atoms with Crippen molar-refractivity contribution in [1.82, 2.24) is 4.90 Å². The Labute approximate surface area is 252 Å². The van der Waals surface area contributed by atoms with E-state index in [1.54, 1.807) is 30.3 Å². The number of benzene rings is 2. The monoisotopic (exact) mass is 600 g/mol. The number of amides is 3. The van der Waals surface area contributed by atoms with Gasteiger partial charge in [0.25, 0.3) is 17.7 Å². The number of Topliss-reactive ketones (excluding diaryl/α,β-unsaturated/α-hetero) is 2. The van der Waals surface area contributed by atoms with Gasteiger partial charge in [0.15, 0.2) is 11.4 Å². The molecule has 228 valence electrons. The van der Waals surface area contributed by atoms with E-state index in [1.165, 1.54) is 0 Å². The number of rotatable bonds is 7. The molecular weight excluding hydrogens is 568 g/mol. The molecule has 44 heavy (non-hydrogen) atoms. The first-order valence-electron chi connectivity index (χ1n) is 14.7. The number of hydrogen-bond donors (Lipinski definition) is 5. The maximum absolute atomic E-state index is 13.9. The molecule has 3 atom stereocenters. The van der Waals surface area contributed by atoms with Gasteiger partial charge >= 0.3 is 0 Å². The average Bonchev–Trinajstić information content (AvgIpc) is 3.21. The van der Waals surface area contributed by atoms with E-state index in [0.717, 1.165) is 29.7 Å². The summed E-state index contributed by atoms with van der Waals surface area (Å²) in [5.41, 5.74) is 3.52. The zero-order valence-electron chi connectivity index (χ0n) is 24.1. The highest BCUT2D eigenvalue weighted by Gasteiger charge is 2.60. The van der Waals surface area contributed by atoms with Crippen LogP contribution in [0.5, 0.6) is 5.75 Å². The lowest BCUT2D eigenvalue weighted by Gasteiger charge is -2.46. The van der Waals surface area contributed by atoms with Gasteiger partial charge in [0.05, 0.1) is 23.2 Å². The molecule has 1 aliphatic heterocycles. The molecule has 11 heteroatoms. The number of aryl methyl sites for hydroxylation is 1. The van der Waals surface area contributed by atoms with Crippen LogP contribution in [0.15, 0.2) is 47.2 Å². The van der Waals surface area contributed by atoms with Crippen LogP contribution >= 0.6 is 0 Å². The van der Waals surface area contributed by atoms with Crippen LogP contribution in [0.2, 0.25) is 0 Å². The number of fused-ring (bicyclic) bond motifs is 4. The van der Waals surface area contributed by atoms with Crippen molar-refractivity contribution in [2.45, 2.75) is 64.0 Å². The van der Waals surface area contributed by atoms with E-state index in [2.05, 4.69) is 6.92 Å². The van der Waals surface area contributed by atoms with E-state index in [-0.39, 0.29) is 47.2 Å². The van der Waals surface area contributed by atoms with E-state index >= 15 is 0 Å². The van der Waals surface area contributed by atoms with E-state index in [0.29, 0.717) is 12.0 Å². The number of carbonyl (C=O) groups is 5. The topological polar surface area (TPSA) is 196 Å². The molecule has 2 aromatic rings. The Hall–Kier alpha value is -4.77. The molecule has 0 saturated heterocycles. The van der Waals surface area contributed by atoms with Crippen LogP contribution in [0, 0.1) is 11.8 Å². The van der Waals surface area contributed by atoms with Gasteiger partial charge in [0.1, 0.15) is 22.8 Å². The average molecular weight is 601 g/mol. The van der Waals surface area contributed by atoms with Gasteiger partial charge in [-0.2, -0.15) is 0 Å². The number of phenols is 1. The van der Waals surface area contributed by atoms with E-state index in [9.17, 15) is 44.4 Å². The minimum absolute atomic E-state index is 0.0366. The summed E-state index contributed by atoms with van der Waals surface area (Å²) < 4.78 is 0.